The molecule has 3 unspecified atom stereocenters. The van der Waals surface area contributed by atoms with Crippen LogP contribution < -0.4 is 10.5 Å². The first-order valence-corrected chi connectivity index (χ1v) is 21.1. The summed E-state index contributed by atoms with van der Waals surface area (Å²) in [4.78, 5) is 39.6. The molecule has 0 amide bonds. The molecule has 2 aromatic heterocycles. The minimum absolute atomic E-state index is 0.0372. The Kier molecular flexibility index (Phi) is 11.5. The van der Waals surface area contributed by atoms with Gasteiger partial charge in [0, 0.05) is 6.07 Å². The molecule has 2 aliphatic carbocycles. The second-order valence-corrected chi connectivity index (χ2v) is 16.4. The van der Waals surface area contributed by atoms with Crippen molar-refractivity contribution in [3.8, 4) is 11.1 Å². The van der Waals surface area contributed by atoms with Crippen molar-refractivity contribution in [1.29, 1.82) is 0 Å². The van der Waals surface area contributed by atoms with Gasteiger partial charge in [0.25, 0.3) is 5.56 Å². The normalized spacial score (nSPS) is 19.4. The lowest BCUT2D eigenvalue weighted by Crippen LogP contribution is -2.55. The summed E-state index contributed by atoms with van der Waals surface area (Å²) in [5, 5.41) is 16.8. The monoisotopic (exact) mass is 813 g/mol. The molecule has 6 aromatic rings. The maximum absolute atomic E-state index is 15.3. The molecular weight excluding hydrogens is 761 g/mol. The number of tetrazole rings is 1. The average molecular weight is 814 g/mol. The quantitative estimate of drug-likeness (QED) is 0.0484. The molecule has 4 aromatic carbocycles. The van der Waals surface area contributed by atoms with Crippen LogP contribution >= 0.6 is 0 Å². The predicted octanol–water partition coefficient (Wildman–Crippen LogP) is 8.53. The number of nitrogens with one attached hydrogen (secondary N) is 2. The van der Waals surface area contributed by atoms with E-state index in [9.17, 15) is 4.79 Å². The number of unbranched alkanes of at least 4 members (excludes halogenated alkanes) is 1. The van der Waals surface area contributed by atoms with Crippen molar-refractivity contribution in [2.45, 2.75) is 63.7 Å². The van der Waals surface area contributed by atoms with Gasteiger partial charge in [0.1, 0.15) is 17.2 Å². The van der Waals surface area contributed by atoms with Crippen LogP contribution in [0, 0.1) is 18.8 Å². The molecule has 1 fully saturated rings. The van der Waals surface area contributed by atoms with Crippen LogP contribution in [0.15, 0.2) is 137 Å². The van der Waals surface area contributed by atoms with E-state index >= 15 is 4.79 Å². The minimum Gasteiger partial charge on any atom is -0.469 e. The average Bonchev–Trinajstić information content (AvgIpc) is 3.96. The smallest absolute Gasteiger partial charge is 0.310 e. The topological polar surface area (TPSA) is 133 Å². The number of aromatic amines is 2. The molecule has 2 heterocycles. The van der Waals surface area contributed by atoms with E-state index in [2.05, 4.69) is 101 Å². The number of aryl methyl sites for hydroxylation is 1. The highest BCUT2D eigenvalue weighted by Gasteiger charge is 2.66. The number of carbonyl (C=O) groups excluding carboxylic acids is 1. The molecule has 0 spiro atoms. The number of ether oxygens (including phenoxy) is 1. The second kappa shape index (κ2) is 17.1. The first-order valence-electron chi connectivity index (χ1n) is 21.1. The molecule has 0 bridgehead atoms. The summed E-state index contributed by atoms with van der Waals surface area (Å²) in [6, 6.07) is 41.0. The maximum atomic E-state index is 15.3. The Bertz CT molecular complexity index is 2670. The molecule has 310 valence electrons. The highest BCUT2D eigenvalue weighted by atomic mass is 16.5. The Morgan fingerprint density at radius 1 is 0.902 bits per heavy atom. The Morgan fingerprint density at radius 3 is 2.13 bits per heavy atom. The SMILES string of the molecule is CCCCC1(c2cc(=O)[nH]c(C)n2)C(c2ccccc2)=C(C)C(c2ccccc2-c2ccccc2)(C(C(=O)OC)C2CC2)C(N(C=[N+](C)C)c2ccccc2)=C1c1nn[nH]n1. The number of carbonyl (C=O) groups is 1. The van der Waals surface area contributed by atoms with Crippen LogP contribution in [0.2, 0.25) is 0 Å². The van der Waals surface area contributed by atoms with Gasteiger partial charge in [0.2, 0.25) is 12.2 Å². The third kappa shape index (κ3) is 7.21. The number of anilines is 1. The number of esters is 1. The molecule has 3 atom stereocenters. The molecule has 2 N–H and O–H groups in total. The van der Waals surface area contributed by atoms with E-state index in [1.54, 1.807) is 6.07 Å². The maximum Gasteiger partial charge on any atom is 0.310 e. The van der Waals surface area contributed by atoms with Crippen molar-refractivity contribution < 1.29 is 14.1 Å². The highest BCUT2D eigenvalue weighted by Crippen LogP contribution is 2.67. The van der Waals surface area contributed by atoms with E-state index in [0.29, 0.717) is 29.3 Å². The summed E-state index contributed by atoms with van der Waals surface area (Å²) >= 11 is 0. The van der Waals surface area contributed by atoms with Crippen LogP contribution in [0.3, 0.4) is 0 Å². The predicted molar refractivity (Wildman–Crippen MR) is 240 cm³/mol. The second-order valence-electron chi connectivity index (χ2n) is 16.4. The molecule has 11 heteroatoms. The highest BCUT2D eigenvalue weighted by molar-refractivity contribution is 6.04. The van der Waals surface area contributed by atoms with E-state index in [0.717, 1.165) is 70.5 Å². The third-order valence-corrected chi connectivity index (χ3v) is 12.3. The number of hydrogen-bond donors (Lipinski definition) is 2. The van der Waals surface area contributed by atoms with Gasteiger partial charge >= 0.3 is 5.97 Å². The fourth-order valence-corrected chi connectivity index (χ4v) is 9.96. The number of allylic oxidation sites excluding steroid dienone is 3. The van der Waals surface area contributed by atoms with Crippen molar-refractivity contribution in [2.24, 2.45) is 11.8 Å². The van der Waals surface area contributed by atoms with Crippen LogP contribution in [0.4, 0.5) is 5.69 Å². The summed E-state index contributed by atoms with van der Waals surface area (Å²) < 4.78 is 8.01. The van der Waals surface area contributed by atoms with Crippen LogP contribution in [0.25, 0.3) is 22.3 Å². The summed E-state index contributed by atoms with van der Waals surface area (Å²) in [5.41, 5.74) is 5.86. The van der Waals surface area contributed by atoms with Crippen molar-refractivity contribution in [3.05, 3.63) is 171 Å². The van der Waals surface area contributed by atoms with Crippen molar-refractivity contribution in [1.82, 2.24) is 30.6 Å². The zero-order valence-corrected chi connectivity index (χ0v) is 35.7. The Balaban J connectivity index is 1.75. The molecular formula is C50H53N8O3+. The Labute approximate surface area is 357 Å². The third-order valence-electron chi connectivity index (χ3n) is 12.3. The van der Waals surface area contributed by atoms with E-state index in [-0.39, 0.29) is 17.4 Å². The lowest BCUT2D eigenvalue weighted by molar-refractivity contribution is -0.460. The summed E-state index contributed by atoms with van der Waals surface area (Å²) in [5.74, 6) is -0.261. The molecule has 2 aliphatic rings. The van der Waals surface area contributed by atoms with Gasteiger partial charge in [-0.25, -0.2) is 9.88 Å². The minimum atomic E-state index is -1.27. The first-order chi connectivity index (χ1) is 29.7. The summed E-state index contributed by atoms with van der Waals surface area (Å²) in [6.45, 7) is 6.17. The molecule has 1 saturated carbocycles. The fraction of sp³-hybridized carbons (Fsp3) is 0.300. The number of methoxy groups -OCH3 is 1. The molecule has 11 nitrogen and oxygen atoms in total. The van der Waals surface area contributed by atoms with Gasteiger partial charge in [0.05, 0.1) is 49.2 Å². The largest absolute Gasteiger partial charge is 0.469 e. The van der Waals surface area contributed by atoms with Crippen LogP contribution in [0.5, 0.6) is 0 Å². The number of nitrogens with zero attached hydrogens (tertiary/aromatic N) is 6. The van der Waals surface area contributed by atoms with E-state index in [1.165, 1.54) is 7.11 Å². The van der Waals surface area contributed by atoms with Gasteiger partial charge in [-0.2, -0.15) is 5.21 Å². The standard InChI is InChI=1S/C50H52N8O3/c1-7-8-30-49(41-31-42(59)52-34(3)51-41)43(36-22-14-10-15-23-36)33(2)50(44(37-28-29-37)48(60)61-6,40-27-19-18-26-39(40)35-20-12-9-13-21-35)46(45(49)47-53-55-56-54-47)58(32-57(4)5)38-24-16-11-17-25-38/h9-27,31-32,37,44H,7-8,28-30H2,1-6H3,(H-,51,52,53,54,55,56,59)/p+1. The van der Waals surface area contributed by atoms with Crippen LogP contribution in [-0.4, -0.2) is 68.7 Å². The van der Waals surface area contributed by atoms with E-state index in [4.69, 9.17) is 19.9 Å². The van der Waals surface area contributed by atoms with Gasteiger partial charge in [0.15, 0.2) is 0 Å². The number of benzene rings is 4. The summed E-state index contributed by atoms with van der Waals surface area (Å²) in [7, 11) is 5.48. The fourth-order valence-electron chi connectivity index (χ4n) is 9.96. The van der Waals surface area contributed by atoms with Gasteiger partial charge in [-0.1, -0.05) is 123 Å². The lowest BCUT2D eigenvalue weighted by Gasteiger charge is -2.53. The van der Waals surface area contributed by atoms with E-state index < -0.39 is 16.7 Å². The van der Waals surface area contributed by atoms with Crippen LogP contribution in [-0.2, 0) is 20.4 Å². The van der Waals surface area contributed by atoms with Crippen molar-refractivity contribution in [2.75, 3.05) is 26.1 Å². The number of hydrogen-bond acceptors (Lipinski definition) is 7. The van der Waals surface area contributed by atoms with Crippen molar-refractivity contribution in [3.63, 3.8) is 0 Å². The number of aromatic nitrogens is 6. The molecule has 0 saturated heterocycles. The zero-order valence-electron chi connectivity index (χ0n) is 35.7. The molecule has 0 radical (unpaired) electrons. The van der Waals surface area contributed by atoms with Gasteiger partial charge in [-0.15, -0.1) is 10.2 Å². The molecule has 61 heavy (non-hydrogen) atoms. The number of rotatable bonds is 14. The molecule has 0 aliphatic heterocycles. The number of para-hydroxylation sites is 1. The van der Waals surface area contributed by atoms with Crippen LogP contribution in [0.1, 0.15) is 74.4 Å². The zero-order chi connectivity index (χ0) is 42.7. The Hall–Kier alpha value is -6.75. The summed E-state index contributed by atoms with van der Waals surface area (Å²) in [6.07, 6.45) is 5.88. The van der Waals surface area contributed by atoms with Crippen molar-refractivity contribution >= 4 is 29.1 Å². The lowest BCUT2D eigenvalue weighted by atomic mass is 9.49. The molecule has 8 rings (SSSR count). The van der Waals surface area contributed by atoms with Gasteiger partial charge < -0.3 is 9.72 Å². The van der Waals surface area contributed by atoms with E-state index in [1.807, 2.05) is 80.2 Å². The Morgan fingerprint density at radius 2 is 1.54 bits per heavy atom. The van der Waals surface area contributed by atoms with Gasteiger partial charge in [-0.05, 0) is 89.8 Å². The first kappa shape index (κ1) is 41.0. The van der Waals surface area contributed by atoms with Gasteiger partial charge in [-0.3, -0.25) is 14.2 Å². The number of H-pyrrole nitrogens is 2.